The molecule has 0 bridgehead atoms. The van der Waals surface area contributed by atoms with Gasteiger partial charge < -0.3 is 4.74 Å². The molecule has 20 heavy (non-hydrogen) atoms. The fraction of sp³-hybridized carbons (Fsp3) is 0.125. The highest BCUT2D eigenvalue weighted by molar-refractivity contribution is 9.10. The maximum Gasteiger partial charge on any atom is 0.153 e. The van der Waals surface area contributed by atoms with Crippen LogP contribution in [-0.2, 0) is 0 Å². The second kappa shape index (κ2) is 5.89. The van der Waals surface area contributed by atoms with Gasteiger partial charge in [-0.3, -0.25) is 4.79 Å². The van der Waals surface area contributed by atoms with Crippen molar-refractivity contribution >= 4 is 22.2 Å². The van der Waals surface area contributed by atoms with E-state index in [1.807, 2.05) is 13.8 Å². The Morgan fingerprint density at radius 2 is 1.85 bits per heavy atom. The molecule has 0 saturated heterocycles. The third-order valence-electron chi connectivity index (χ3n) is 2.90. The van der Waals surface area contributed by atoms with Gasteiger partial charge in [0.05, 0.1) is 17.2 Å². The van der Waals surface area contributed by atoms with Gasteiger partial charge in [0.25, 0.3) is 0 Å². The Kier molecular flexibility index (Phi) is 4.21. The summed E-state index contributed by atoms with van der Waals surface area (Å²) >= 11 is 3.36. The summed E-state index contributed by atoms with van der Waals surface area (Å²) in [6.45, 7) is 3.75. The molecule has 0 aliphatic rings. The van der Waals surface area contributed by atoms with E-state index < -0.39 is 0 Å². The van der Waals surface area contributed by atoms with Crippen molar-refractivity contribution in [3.8, 4) is 17.6 Å². The molecule has 0 amide bonds. The zero-order valence-electron chi connectivity index (χ0n) is 11.1. The van der Waals surface area contributed by atoms with E-state index in [2.05, 4.69) is 22.0 Å². The molecule has 0 saturated carbocycles. The lowest BCUT2D eigenvalue weighted by molar-refractivity contribution is 0.112. The van der Waals surface area contributed by atoms with Crippen LogP contribution in [-0.4, -0.2) is 6.29 Å². The number of halogens is 1. The van der Waals surface area contributed by atoms with Crippen molar-refractivity contribution < 1.29 is 9.53 Å². The maximum absolute atomic E-state index is 11.1. The largest absolute Gasteiger partial charge is 0.456 e. The molecule has 0 atom stereocenters. The number of hydrogen-bond acceptors (Lipinski definition) is 3. The number of nitriles is 1. The molecule has 0 spiro atoms. The zero-order valence-corrected chi connectivity index (χ0v) is 12.7. The minimum Gasteiger partial charge on any atom is -0.456 e. The van der Waals surface area contributed by atoms with Crippen LogP contribution < -0.4 is 4.74 Å². The molecule has 0 aliphatic carbocycles. The van der Waals surface area contributed by atoms with Gasteiger partial charge in [-0.2, -0.15) is 5.26 Å². The molecule has 2 aromatic carbocycles. The summed E-state index contributed by atoms with van der Waals surface area (Å²) in [5.41, 5.74) is 2.80. The molecule has 0 aromatic heterocycles. The number of ether oxygens (including phenoxy) is 1. The zero-order chi connectivity index (χ0) is 14.7. The predicted octanol–water partition coefficient (Wildman–Crippen LogP) is 4.54. The molecular formula is C16H12BrNO2. The van der Waals surface area contributed by atoms with E-state index in [1.54, 1.807) is 30.3 Å². The summed E-state index contributed by atoms with van der Waals surface area (Å²) < 4.78 is 6.71. The Morgan fingerprint density at radius 1 is 1.20 bits per heavy atom. The van der Waals surface area contributed by atoms with Gasteiger partial charge in [0.1, 0.15) is 11.5 Å². The van der Waals surface area contributed by atoms with Crippen molar-refractivity contribution in [1.29, 1.82) is 5.26 Å². The monoisotopic (exact) mass is 329 g/mol. The summed E-state index contributed by atoms with van der Waals surface area (Å²) in [7, 11) is 0. The number of carbonyl (C=O) groups excluding carboxylic acids is 1. The Hall–Kier alpha value is -2.12. The molecule has 2 aromatic rings. The third-order valence-corrected chi connectivity index (χ3v) is 3.40. The van der Waals surface area contributed by atoms with Gasteiger partial charge in [0.15, 0.2) is 6.29 Å². The highest BCUT2D eigenvalue weighted by Crippen LogP contribution is 2.32. The van der Waals surface area contributed by atoms with Gasteiger partial charge in [-0.25, -0.2) is 0 Å². The number of carbonyl (C=O) groups is 1. The third kappa shape index (κ3) is 2.89. The molecule has 0 aliphatic heterocycles. The first kappa shape index (κ1) is 14.3. The summed E-state index contributed by atoms with van der Waals surface area (Å²) in [5, 5.41) is 8.94. The minimum absolute atomic E-state index is 0.483. The van der Waals surface area contributed by atoms with Crippen molar-refractivity contribution in [2.45, 2.75) is 13.8 Å². The van der Waals surface area contributed by atoms with Crippen LogP contribution in [0.25, 0.3) is 0 Å². The summed E-state index contributed by atoms with van der Waals surface area (Å²) in [6.07, 6.45) is 0.760. The molecule has 100 valence electrons. The molecular weight excluding hydrogens is 318 g/mol. The second-order valence-corrected chi connectivity index (χ2v) is 5.37. The fourth-order valence-electron chi connectivity index (χ4n) is 1.98. The van der Waals surface area contributed by atoms with Crippen LogP contribution >= 0.6 is 15.9 Å². The van der Waals surface area contributed by atoms with E-state index in [1.165, 1.54) is 0 Å². The number of nitrogens with zero attached hydrogens (tertiary/aromatic N) is 1. The van der Waals surface area contributed by atoms with E-state index >= 15 is 0 Å². The Labute approximate surface area is 125 Å². The van der Waals surface area contributed by atoms with Gasteiger partial charge in [-0.05, 0) is 55.3 Å². The van der Waals surface area contributed by atoms with Crippen LogP contribution in [0.3, 0.4) is 0 Å². The van der Waals surface area contributed by atoms with E-state index in [0.717, 1.165) is 21.9 Å². The molecule has 0 fully saturated rings. The molecule has 0 radical (unpaired) electrons. The SMILES string of the molecule is Cc1cc(C#N)cc(C)c1Oc1cc(Br)ccc1C=O. The summed E-state index contributed by atoms with van der Waals surface area (Å²) in [6, 6.07) is 10.9. The average molecular weight is 330 g/mol. The lowest BCUT2D eigenvalue weighted by Crippen LogP contribution is -1.95. The molecule has 2 rings (SSSR count). The van der Waals surface area contributed by atoms with Crippen molar-refractivity contribution in [2.75, 3.05) is 0 Å². The molecule has 0 unspecified atom stereocenters. The van der Waals surface area contributed by atoms with Gasteiger partial charge in [0, 0.05) is 4.47 Å². The second-order valence-electron chi connectivity index (χ2n) is 4.45. The van der Waals surface area contributed by atoms with Crippen LogP contribution in [0.15, 0.2) is 34.8 Å². The van der Waals surface area contributed by atoms with Crippen LogP contribution in [0.4, 0.5) is 0 Å². The van der Waals surface area contributed by atoms with Crippen LogP contribution in [0.1, 0.15) is 27.0 Å². The number of rotatable bonds is 3. The molecule has 0 heterocycles. The lowest BCUT2D eigenvalue weighted by atomic mass is 10.1. The fourth-order valence-corrected chi connectivity index (χ4v) is 2.32. The van der Waals surface area contributed by atoms with Gasteiger partial charge in [0.2, 0.25) is 0 Å². The quantitative estimate of drug-likeness (QED) is 0.776. The van der Waals surface area contributed by atoms with Gasteiger partial charge in [-0.1, -0.05) is 15.9 Å². The first-order valence-electron chi connectivity index (χ1n) is 5.99. The average Bonchev–Trinajstić information content (AvgIpc) is 2.42. The number of benzene rings is 2. The number of aldehydes is 1. The number of aryl methyl sites for hydroxylation is 2. The van der Waals surface area contributed by atoms with Gasteiger partial charge >= 0.3 is 0 Å². The standard InChI is InChI=1S/C16H12BrNO2/c1-10-5-12(8-18)6-11(2)16(10)20-15-7-14(17)4-3-13(15)9-19/h3-7,9H,1-2H3. The van der Waals surface area contributed by atoms with Crippen molar-refractivity contribution in [3.05, 3.63) is 57.1 Å². The Bertz CT molecular complexity index is 694. The van der Waals surface area contributed by atoms with Crippen LogP contribution in [0.5, 0.6) is 11.5 Å². The van der Waals surface area contributed by atoms with Crippen LogP contribution in [0, 0.1) is 25.2 Å². The highest BCUT2D eigenvalue weighted by Gasteiger charge is 2.11. The Balaban J connectivity index is 2.48. The first-order chi connectivity index (χ1) is 9.55. The van der Waals surface area contributed by atoms with Crippen molar-refractivity contribution in [1.82, 2.24) is 0 Å². The summed E-state index contributed by atoms with van der Waals surface area (Å²) in [4.78, 5) is 11.1. The number of hydrogen-bond donors (Lipinski definition) is 0. The Morgan fingerprint density at radius 3 is 2.40 bits per heavy atom. The molecule has 3 nitrogen and oxygen atoms in total. The predicted molar refractivity (Wildman–Crippen MR) is 80.2 cm³/mol. The first-order valence-corrected chi connectivity index (χ1v) is 6.78. The molecule has 0 N–H and O–H groups in total. The van der Waals surface area contributed by atoms with Crippen molar-refractivity contribution in [3.63, 3.8) is 0 Å². The smallest absolute Gasteiger partial charge is 0.153 e. The van der Waals surface area contributed by atoms with E-state index in [-0.39, 0.29) is 0 Å². The van der Waals surface area contributed by atoms with E-state index in [4.69, 9.17) is 10.00 Å². The van der Waals surface area contributed by atoms with E-state index in [0.29, 0.717) is 22.6 Å². The van der Waals surface area contributed by atoms with Gasteiger partial charge in [-0.15, -0.1) is 0 Å². The van der Waals surface area contributed by atoms with Crippen LogP contribution in [0.2, 0.25) is 0 Å². The highest BCUT2D eigenvalue weighted by atomic mass is 79.9. The maximum atomic E-state index is 11.1. The topological polar surface area (TPSA) is 50.1 Å². The van der Waals surface area contributed by atoms with Crippen molar-refractivity contribution in [2.24, 2.45) is 0 Å². The lowest BCUT2D eigenvalue weighted by Gasteiger charge is -2.13. The normalized spacial score (nSPS) is 9.90. The van der Waals surface area contributed by atoms with E-state index in [9.17, 15) is 4.79 Å². The molecule has 4 heteroatoms. The summed E-state index contributed by atoms with van der Waals surface area (Å²) in [5.74, 6) is 1.16. The minimum atomic E-state index is 0.483.